The molecule has 5 nitrogen and oxygen atoms in total. The van der Waals surface area contributed by atoms with Crippen molar-refractivity contribution in [2.24, 2.45) is 0 Å². The highest BCUT2D eigenvalue weighted by Gasteiger charge is 2.25. The Bertz CT molecular complexity index is 436. The number of carbonyl (C=O) groups is 1. The first kappa shape index (κ1) is 13.8. The topological polar surface area (TPSA) is 74.2 Å². The summed E-state index contributed by atoms with van der Waals surface area (Å²) in [5, 5.41) is 15.9. The smallest absolute Gasteiger partial charge is 0.255 e. The van der Waals surface area contributed by atoms with E-state index in [-0.39, 0.29) is 11.9 Å². The van der Waals surface area contributed by atoms with Crippen LogP contribution in [0.2, 0.25) is 0 Å². The van der Waals surface area contributed by atoms with Gasteiger partial charge in [-0.15, -0.1) is 0 Å². The Labute approximate surface area is 113 Å². The van der Waals surface area contributed by atoms with Crippen LogP contribution in [0, 0.1) is 0 Å². The molecule has 0 aromatic carbocycles. The van der Waals surface area contributed by atoms with Crippen molar-refractivity contribution in [1.29, 1.82) is 0 Å². The van der Waals surface area contributed by atoms with Crippen molar-refractivity contribution in [1.82, 2.24) is 10.3 Å². The Kier molecular flexibility index (Phi) is 4.74. The Hall–Kier alpha value is -1.62. The van der Waals surface area contributed by atoms with E-state index in [4.69, 9.17) is 0 Å². The maximum atomic E-state index is 12.3. The number of hydrogen-bond acceptors (Lipinski definition) is 4. The summed E-state index contributed by atoms with van der Waals surface area (Å²) in [5.41, 5.74) is 0.530. The molecule has 3 N–H and O–H groups in total. The number of nitrogens with one attached hydrogen (secondary N) is 2. The first-order chi connectivity index (χ1) is 9.22. The highest BCUT2D eigenvalue weighted by Crippen LogP contribution is 2.19. The van der Waals surface area contributed by atoms with Gasteiger partial charge in [0.05, 0.1) is 17.7 Å². The van der Waals surface area contributed by atoms with Gasteiger partial charge in [-0.1, -0.05) is 12.8 Å². The molecule has 1 aliphatic carbocycles. The highest BCUT2D eigenvalue weighted by atomic mass is 16.3. The van der Waals surface area contributed by atoms with Gasteiger partial charge in [-0.3, -0.25) is 4.79 Å². The summed E-state index contributed by atoms with van der Waals surface area (Å²) < 4.78 is 0. The molecule has 1 heterocycles. The van der Waals surface area contributed by atoms with Gasteiger partial charge in [0.15, 0.2) is 0 Å². The van der Waals surface area contributed by atoms with Crippen LogP contribution >= 0.6 is 0 Å². The molecule has 1 fully saturated rings. The molecule has 0 spiro atoms. The molecule has 2 rings (SSSR count). The predicted molar refractivity (Wildman–Crippen MR) is 74.1 cm³/mol. The maximum absolute atomic E-state index is 12.3. The average Bonchev–Trinajstić information content (AvgIpc) is 2.42. The molecule has 0 bridgehead atoms. The number of aliphatic hydroxyl groups excluding tert-OH is 1. The van der Waals surface area contributed by atoms with Crippen LogP contribution in [-0.2, 0) is 0 Å². The normalized spacial score (nSPS) is 22.8. The summed E-state index contributed by atoms with van der Waals surface area (Å²) in [6.07, 6.45) is 4.90. The zero-order valence-electron chi connectivity index (χ0n) is 11.2. The maximum Gasteiger partial charge on any atom is 0.255 e. The van der Waals surface area contributed by atoms with E-state index in [1.807, 2.05) is 6.92 Å². The fraction of sp³-hybridized carbons (Fsp3) is 0.571. The van der Waals surface area contributed by atoms with Gasteiger partial charge >= 0.3 is 0 Å². The second-order valence-electron chi connectivity index (χ2n) is 4.86. The monoisotopic (exact) mass is 263 g/mol. The second-order valence-corrected chi connectivity index (χ2v) is 4.86. The van der Waals surface area contributed by atoms with Crippen molar-refractivity contribution in [3.63, 3.8) is 0 Å². The Morgan fingerprint density at radius 1 is 1.47 bits per heavy atom. The van der Waals surface area contributed by atoms with E-state index in [1.54, 1.807) is 18.3 Å². The first-order valence-corrected chi connectivity index (χ1v) is 6.90. The molecule has 2 unspecified atom stereocenters. The fourth-order valence-corrected chi connectivity index (χ4v) is 2.42. The summed E-state index contributed by atoms with van der Waals surface area (Å²) in [4.78, 5) is 16.4. The third kappa shape index (κ3) is 3.44. The molecule has 19 heavy (non-hydrogen) atoms. The molecule has 2 atom stereocenters. The minimum absolute atomic E-state index is 0.143. The summed E-state index contributed by atoms with van der Waals surface area (Å²) in [7, 11) is 0. The van der Waals surface area contributed by atoms with Gasteiger partial charge < -0.3 is 15.7 Å². The molecule has 1 saturated carbocycles. The minimum atomic E-state index is -0.433. The lowest BCUT2D eigenvalue weighted by Gasteiger charge is -2.28. The standard InChI is InChI=1S/C14H21N3O2/c1-2-15-13-10(6-5-9-16-13)14(19)17-11-7-3-4-8-12(11)18/h5-6,9,11-12,18H,2-4,7-8H2,1H3,(H,15,16)(H,17,19). The SMILES string of the molecule is CCNc1ncccc1C(=O)NC1CCCCC1O. The number of anilines is 1. The summed E-state index contributed by atoms with van der Waals surface area (Å²) in [5.74, 6) is 0.419. The fourth-order valence-electron chi connectivity index (χ4n) is 2.42. The largest absolute Gasteiger partial charge is 0.391 e. The molecule has 1 aliphatic rings. The minimum Gasteiger partial charge on any atom is -0.391 e. The van der Waals surface area contributed by atoms with E-state index >= 15 is 0 Å². The van der Waals surface area contributed by atoms with Crippen molar-refractivity contribution in [2.75, 3.05) is 11.9 Å². The third-order valence-electron chi connectivity index (χ3n) is 3.44. The van der Waals surface area contributed by atoms with Crippen LogP contribution < -0.4 is 10.6 Å². The van der Waals surface area contributed by atoms with Crippen LogP contribution in [0.4, 0.5) is 5.82 Å². The zero-order valence-corrected chi connectivity index (χ0v) is 11.2. The lowest BCUT2D eigenvalue weighted by Crippen LogP contribution is -2.45. The van der Waals surface area contributed by atoms with Crippen molar-refractivity contribution < 1.29 is 9.90 Å². The Morgan fingerprint density at radius 3 is 3.00 bits per heavy atom. The molecule has 1 aromatic heterocycles. The van der Waals surface area contributed by atoms with E-state index in [2.05, 4.69) is 15.6 Å². The number of pyridine rings is 1. The van der Waals surface area contributed by atoms with Crippen molar-refractivity contribution >= 4 is 11.7 Å². The lowest BCUT2D eigenvalue weighted by atomic mass is 9.92. The van der Waals surface area contributed by atoms with E-state index in [0.717, 1.165) is 25.7 Å². The van der Waals surface area contributed by atoms with Crippen LogP contribution in [0.5, 0.6) is 0 Å². The molecule has 0 radical (unpaired) electrons. The molecule has 5 heteroatoms. The Balaban J connectivity index is 2.06. The van der Waals surface area contributed by atoms with Crippen LogP contribution in [0.1, 0.15) is 43.0 Å². The zero-order chi connectivity index (χ0) is 13.7. The molecular weight excluding hydrogens is 242 g/mol. The number of aromatic nitrogens is 1. The van der Waals surface area contributed by atoms with Gasteiger partial charge in [-0.05, 0) is 31.9 Å². The van der Waals surface area contributed by atoms with Gasteiger partial charge in [0.2, 0.25) is 0 Å². The summed E-state index contributed by atoms with van der Waals surface area (Å²) in [6.45, 7) is 2.67. The number of carbonyl (C=O) groups excluding carboxylic acids is 1. The molecule has 0 saturated heterocycles. The second kappa shape index (κ2) is 6.52. The molecule has 1 aromatic rings. The van der Waals surface area contributed by atoms with Crippen LogP contribution in [0.15, 0.2) is 18.3 Å². The molecular formula is C14H21N3O2. The van der Waals surface area contributed by atoms with Gasteiger partial charge in [0.1, 0.15) is 5.82 Å². The van der Waals surface area contributed by atoms with Gasteiger partial charge in [0, 0.05) is 12.7 Å². The number of rotatable bonds is 4. The van der Waals surface area contributed by atoms with E-state index < -0.39 is 6.10 Å². The first-order valence-electron chi connectivity index (χ1n) is 6.90. The molecule has 104 valence electrons. The summed E-state index contributed by atoms with van der Waals surface area (Å²) >= 11 is 0. The molecule has 0 aliphatic heterocycles. The highest BCUT2D eigenvalue weighted by molar-refractivity contribution is 5.98. The van der Waals surface area contributed by atoms with E-state index in [0.29, 0.717) is 17.9 Å². The number of nitrogens with zero attached hydrogens (tertiary/aromatic N) is 1. The van der Waals surface area contributed by atoms with Crippen molar-refractivity contribution in [2.45, 2.75) is 44.8 Å². The third-order valence-corrected chi connectivity index (χ3v) is 3.44. The predicted octanol–water partition coefficient (Wildman–Crippen LogP) is 1.55. The van der Waals surface area contributed by atoms with Crippen LogP contribution in [0.25, 0.3) is 0 Å². The van der Waals surface area contributed by atoms with Gasteiger partial charge in [-0.2, -0.15) is 0 Å². The van der Waals surface area contributed by atoms with Gasteiger partial charge in [0.25, 0.3) is 5.91 Å². The number of hydrogen-bond donors (Lipinski definition) is 3. The van der Waals surface area contributed by atoms with Crippen molar-refractivity contribution in [3.05, 3.63) is 23.9 Å². The average molecular weight is 263 g/mol. The van der Waals surface area contributed by atoms with Crippen LogP contribution in [-0.4, -0.2) is 34.7 Å². The van der Waals surface area contributed by atoms with E-state index in [9.17, 15) is 9.90 Å². The quantitative estimate of drug-likeness (QED) is 0.770. The molecule has 1 amide bonds. The number of amides is 1. The lowest BCUT2D eigenvalue weighted by molar-refractivity contribution is 0.0717. The number of aliphatic hydroxyl groups is 1. The summed E-state index contributed by atoms with van der Waals surface area (Å²) in [6, 6.07) is 3.35. The van der Waals surface area contributed by atoms with E-state index in [1.165, 1.54) is 0 Å². The van der Waals surface area contributed by atoms with Gasteiger partial charge in [-0.25, -0.2) is 4.98 Å². The Morgan fingerprint density at radius 2 is 2.26 bits per heavy atom. The van der Waals surface area contributed by atoms with Crippen molar-refractivity contribution in [3.8, 4) is 0 Å². The van der Waals surface area contributed by atoms with Crippen LogP contribution in [0.3, 0.4) is 0 Å².